The molecule has 5 aromatic rings. The second-order valence-corrected chi connectivity index (χ2v) is 16.8. The molecule has 0 amide bonds. The van der Waals surface area contributed by atoms with Crippen LogP contribution in [-0.4, -0.2) is 187 Å². The summed E-state index contributed by atoms with van der Waals surface area (Å²) < 4.78 is 24.3. The summed E-state index contributed by atoms with van der Waals surface area (Å²) in [6.45, 7) is 3.19. The van der Waals surface area contributed by atoms with Crippen LogP contribution in [0.5, 0.6) is 29.4 Å². The molecule has 0 spiro atoms. The Hall–Kier alpha value is -6.55. The van der Waals surface area contributed by atoms with Gasteiger partial charge in [0.05, 0.1) is 146 Å². The van der Waals surface area contributed by atoms with Crippen molar-refractivity contribution in [2.45, 2.75) is 39.3 Å². The Balaban J connectivity index is 0. The fourth-order valence-corrected chi connectivity index (χ4v) is 5.44. The molecule has 0 unspecified atom stereocenters. The minimum absolute atomic E-state index is 0. The van der Waals surface area contributed by atoms with Crippen molar-refractivity contribution in [2.24, 2.45) is 4.99 Å². The minimum atomic E-state index is -0.967. The first-order valence-corrected chi connectivity index (χ1v) is 24.9. The number of carbonyl (C=O) groups excluding carboxylic acids is 5. The number of halogens is 7. The van der Waals surface area contributed by atoms with Crippen molar-refractivity contribution in [1.29, 1.82) is 0 Å². The SMILES string of the molecule is CB(O)NCC(=O)O.COc1cnc(Cl)c(CC(=O)CCl)n1.COc1cnc(Cl)c(CC(=O)CNB(C)O)n1.COc1cnc(Cl)c(N)n1.COc1cnc2c(n1)CC(=O)C=N2.COc1cnc2c(n1)CC(=O)CN2.Cl.N.O=C(Cl)CCl. The summed E-state index contributed by atoms with van der Waals surface area (Å²) in [7, 11) is 5.96. The monoisotopic (exact) mass is 1290 g/mol. The van der Waals surface area contributed by atoms with Crippen molar-refractivity contribution < 1.29 is 67.6 Å². The lowest BCUT2D eigenvalue weighted by atomic mass is 9.89. The molecule has 0 saturated carbocycles. The predicted octanol–water partition coefficient (Wildman–Crippen LogP) is 2.84. The second kappa shape index (κ2) is 43.2. The molecule has 2 aliphatic rings. The number of hydrogen-bond acceptors (Lipinski definition) is 29. The van der Waals surface area contributed by atoms with Crippen molar-refractivity contribution in [3.05, 3.63) is 69.2 Å². The standard InChI is InChI=1S/C9H13BClN3O3.C8H8Cl2N2O2.C8H9N3O2.C8H7N3O2.C5H6ClN3O.C3H8BNO3.C2H2Cl2O.ClH.H3N/c1-10(16)13-4-6(15)3-7-9(11)12-5-8(14-7)17-2;1-14-7-4-11-8(10)6(12-7)2-5(13)3-9;2*1-13-7-4-10-8-6(11-7)2-5(12)3-9-8;1-10-3-2-8-4(6)5(7)9-3;1-4(8)5-2-3(6)7;3-1-2(4)5;;/h5,13,16H,3-4H2,1-2H3;4H,2-3H2,1H3;4H,2-3H2,1H3,(H,9,10);3-4H,2H2,1H3;2H,1H3,(H2,7,9);5,8H,2H2,1H3,(H,6,7);1H2;1H;1H3. The summed E-state index contributed by atoms with van der Waals surface area (Å²) >= 11 is 31.9. The van der Waals surface area contributed by atoms with Gasteiger partial charge in [-0.3, -0.25) is 28.8 Å². The lowest BCUT2D eigenvalue weighted by molar-refractivity contribution is -0.135. The molecule has 0 radical (unpaired) electrons. The second-order valence-electron chi connectivity index (χ2n) is 14.8. The Morgan fingerprint density at radius 2 is 1.07 bits per heavy atom. The summed E-state index contributed by atoms with van der Waals surface area (Å²) in [6.07, 6.45) is 9.15. The van der Waals surface area contributed by atoms with Crippen molar-refractivity contribution in [3.8, 4) is 29.4 Å². The number of carboxylic acid groups (broad SMARTS) is 1. The van der Waals surface area contributed by atoms with Crippen LogP contribution < -0.4 is 51.3 Å². The highest BCUT2D eigenvalue weighted by atomic mass is 35.5. The number of methoxy groups -OCH3 is 5. The van der Waals surface area contributed by atoms with E-state index in [-0.39, 0.29) is 107 Å². The van der Waals surface area contributed by atoms with Crippen LogP contribution in [0.4, 0.5) is 17.5 Å². The van der Waals surface area contributed by atoms with E-state index >= 15 is 0 Å². The van der Waals surface area contributed by atoms with Gasteiger partial charge in [-0.1, -0.05) is 34.8 Å². The fraction of sp³-hybridized carbons (Fsp3) is 0.372. The van der Waals surface area contributed by atoms with Gasteiger partial charge in [-0.15, -0.1) is 35.6 Å². The third-order valence-corrected chi connectivity index (χ3v) is 10.3. The highest BCUT2D eigenvalue weighted by Crippen LogP contribution is 2.21. The lowest BCUT2D eigenvalue weighted by Gasteiger charge is -2.14. The summed E-state index contributed by atoms with van der Waals surface area (Å²) in [5, 5.41) is 33.2. The summed E-state index contributed by atoms with van der Waals surface area (Å²) in [6, 6.07) is 0. The fourth-order valence-electron chi connectivity index (χ4n) is 4.94. The highest BCUT2D eigenvalue weighted by molar-refractivity contribution is 6.67. The van der Waals surface area contributed by atoms with Crippen LogP contribution in [0.2, 0.25) is 29.1 Å². The maximum atomic E-state index is 11.5. The van der Waals surface area contributed by atoms with Crippen molar-refractivity contribution >= 4 is 154 Å². The van der Waals surface area contributed by atoms with Gasteiger partial charge in [-0.25, -0.2) is 49.8 Å². The number of aromatic nitrogens is 10. The first kappa shape index (κ1) is 77.5. The third kappa shape index (κ3) is 32.8. The van der Waals surface area contributed by atoms with E-state index in [1.165, 1.54) is 86.4 Å². The van der Waals surface area contributed by atoms with Crippen molar-refractivity contribution in [1.82, 2.24) is 66.4 Å². The molecule has 5 aromatic heterocycles. The van der Waals surface area contributed by atoms with Crippen LogP contribution in [0.3, 0.4) is 0 Å². The van der Waals surface area contributed by atoms with Crippen LogP contribution >= 0.6 is 82.0 Å². The smallest absolute Gasteiger partial charge is 0.374 e. The zero-order valence-corrected chi connectivity index (χ0v) is 50.0. The molecule has 7 heterocycles. The summed E-state index contributed by atoms with van der Waals surface area (Å²) in [5.41, 5.74) is 7.30. The Morgan fingerprint density at radius 3 is 1.51 bits per heavy atom. The molecule has 11 N–H and O–H groups in total. The number of rotatable bonds is 17. The Morgan fingerprint density at radius 1 is 0.646 bits per heavy atom. The number of nitrogen functional groups attached to an aromatic ring is 1. The number of nitrogens with one attached hydrogen (secondary N) is 3. The molecule has 2 aliphatic heterocycles. The number of aliphatic carboxylic acids is 1. The predicted molar refractivity (Wildman–Crippen MR) is 310 cm³/mol. The molecule has 0 atom stereocenters. The average molecular weight is 1290 g/mol. The first-order valence-electron chi connectivity index (χ1n) is 22.4. The van der Waals surface area contributed by atoms with E-state index in [0.717, 1.165) is 0 Å². The zero-order valence-electron chi connectivity index (χ0n) is 44.7. The van der Waals surface area contributed by atoms with E-state index in [4.69, 9.17) is 114 Å². The summed E-state index contributed by atoms with van der Waals surface area (Å²) in [5.74, 6) is 1.84. The molecule has 0 aliphatic carbocycles. The number of fused-ring (bicyclic) bond motifs is 2. The number of nitrogens with zero attached hydrogens (tertiary/aromatic N) is 11. The van der Waals surface area contributed by atoms with Gasteiger partial charge in [0.25, 0.3) is 0 Å². The van der Waals surface area contributed by atoms with Crippen LogP contribution in [0, 0.1) is 0 Å². The number of hydrogen-bond donors (Lipinski definition) is 8. The number of carboxylic acids is 1. The van der Waals surface area contributed by atoms with E-state index in [0.29, 0.717) is 76.8 Å². The maximum Gasteiger partial charge on any atom is 0.374 e. The number of ketones is 4. The Bertz CT molecular complexity index is 2860. The highest BCUT2D eigenvalue weighted by Gasteiger charge is 2.19. The van der Waals surface area contributed by atoms with Gasteiger partial charge in [-0.2, -0.15) is 4.98 Å². The number of anilines is 2. The van der Waals surface area contributed by atoms with Crippen LogP contribution in [0.1, 0.15) is 22.8 Å². The number of carbonyl (C=O) groups is 6. The van der Waals surface area contributed by atoms with Gasteiger partial charge < -0.3 is 66.5 Å². The van der Waals surface area contributed by atoms with E-state index in [1.54, 1.807) is 0 Å². The molecule has 448 valence electrons. The Labute approximate surface area is 506 Å². The number of ether oxygens (including phenoxy) is 5. The maximum absolute atomic E-state index is 11.5. The molecule has 0 fully saturated rings. The van der Waals surface area contributed by atoms with Gasteiger partial charge >= 0.3 is 20.1 Å². The number of nitrogens with two attached hydrogens (primary N) is 1. The molecular weight excluding hydrogens is 1230 g/mol. The average Bonchev–Trinajstić information content (AvgIpc) is 3.52. The van der Waals surface area contributed by atoms with Gasteiger partial charge in [0.1, 0.15) is 5.82 Å². The normalized spacial score (nSPS) is 10.8. The Kier molecular flexibility index (Phi) is 40.8. The molecule has 0 bridgehead atoms. The number of alkyl halides is 2. The van der Waals surface area contributed by atoms with Crippen LogP contribution in [0.15, 0.2) is 36.0 Å². The van der Waals surface area contributed by atoms with E-state index in [9.17, 15) is 28.8 Å². The largest absolute Gasteiger partial charge is 0.480 e. The van der Waals surface area contributed by atoms with E-state index in [2.05, 4.69) is 70.6 Å². The van der Waals surface area contributed by atoms with Gasteiger partial charge in [0.15, 0.2) is 50.2 Å². The molecule has 82 heavy (non-hydrogen) atoms. The minimum Gasteiger partial charge on any atom is -0.480 e. The molecule has 0 saturated heterocycles. The van der Waals surface area contributed by atoms with Crippen molar-refractivity contribution in [2.75, 3.05) is 78.0 Å². The van der Waals surface area contributed by atoms with Gasteiger partial charge in [-0.05, 0) is 25.2 Å². The summed E-state index contributed by atoms with van der Waals surface area (Å²) in [4.78, 5) is 107. The number of Topliss-reactive ketones (excluding diaryl/α,β-unsaturated/α-hetero) is 4. The topological polar surface area (TPSA) is 448 Å². The van der Waals surface area contributed by atoms with Crippen LogP contribution in [0.25, 0.3) is 0 Å². The third-order valence-electron chi connectivity index (χ3n) is 8.56. The number of aliphatic imine (C=N–C) groups is 1. The molecule has 0 aromatic carbocycles. The molecule has 39 heteroatoms. The van der Waals surface area contributed by atoms with Gasteiger partial charge in [0, 0.05) is 6.54 Å². The molecular formula is C43H57B2Cl7N16O14. The van der Waals surface area contributed by atoms with E-state index in [1.807, 2.05) is 0 Å². The first-order chi connectivity index (χ1) is 37.9. The van der Waals surface area contributed by atoms with E-state index < -0.39 is 25.3 Å². The quantitative estimate of drug-likeness (QED) is 0.0377. The zero-order chi connectivity index (χ0) is 60.3. The molecule has 7 rings (SSSR count). The van der Waals surface area contributed by atoms with Gasteiger partial charge in [0.2, 0.25) is 34.6 Å². The van der Waals surface area contributed by atoms with Crippen molar-refractivity contribution in [3.63, 3.8) is 0 Å². The lowest BCUT2D eigenvalue weighted by Crippen LogP contribution is -2.35. The van der Waals surface area contributed by atoms with Crippen LogP contribution in [-0.2, 0) is 54.5 Å². The molecule has 30 nitrogen and oxygen atoms in total.